The molecule has 4 rings (SSSR count). The second-order valence-electron chi connectivity index (χ2n) is 7.38. The molecule has 2 fully saturated rings. The topological polar surface area (TPSA) is 154 Å². The normalized spacial score (nSPS) is 23.4. The van der Waals surface area contributed by atoms with Crippen LogP contribution in [0.1, 0.15) is 12.1 Å². The zero-order valence-electron chi connectivity index (χ0n) is 17.4. The highest BCUT2D eigenvalue weighted by atomic mass is 32.2. The number of nitrogens with two attached hydrogens (primary N) is 1. The highest BCUT2D eigenvalue weighted by molar-refractivity contribution is 8.00. The van der Waals surface area contributed by atoms with Gasteiger partial charge in [0.15, 0.2) is 0 Å². The van der Waals surface area contributed by atoms with Crippen molar-refractivity contribution in [3.63, 3.8) is 0 Å². The summed E-state index contributed by atoms with van der Waals surface area (Å²) in [5, 5.41) is 16.4. The molecule has 0 saturated carbocycles. The standard InChI is InChI=1S/C18H18N4O4S.C2HF3O2/c19-13-16(24)22-14(18(25)26)11(9-27-17(13)22)7-10-4-6-21(15(10)23)8-12-3-1-2-5-20-12;3-2(4,5)1(6)7/h1-3,5,7,13,17H,4,6,8-9,19H2,(H,25,26);(H,6,7)/b10-7+;/t13-,17-;/m1./s1. The van der Waals surface area contributed by atoms with E-state index < -0.39 is 30.1 Å². The molecule has 4 heterocycles. The molecule has 0 radical (unpaired) electrons. The van der Waals surface area contributed by atoms with Crippen molar-refractivity contribution in [3.8, 4) is 0 Å². The van der Waals surface area contributed by atoms with Crippen LogP contribution in [0.25, 0.3) is 0 Å². The van der Waals surface area contributed by atoms with Crippen molar-refractivity contribution in [2.24, 2.45) is 5.73 Å². The predicted molar refractivity (Wildman–Crippen MR) is 112 cm³/mol. The average Bonchev–Trinajstić information content (AvgIpc) is 3.12. The molecule has 182 valence electrons. The molecule has 0 unspecified atom stereocenters. The molecule has 0 aromatic carbocycles. The van der Waals surface area contributed by atoms with E-state index >= 15 is 0 Å². The Kier molecular flexibility index (Phi) is 7.31. The SMILES string of the molecule is N[C@@H]1C(=O)N2C(C(=O)O)=C(/C=C3\CCN(Cc4ccccn4)C3=O)CS[C@H]12.O=C(O)C(F)(F)F. The number of alkyl halides is 3. The molecule has 2 amide bonds. The minimum Gasteiger partial charge on any atom is -0.477 e. The lowest BCUT2D eigenvalue weighted by molar-refractivity contribution is -0.192. The van der Waals surface area contributed by atoms with Gasteiger partial charge in [0.25, 0.3) is 0 Å². The van der Waals surface area contributed by atoms with Gasteiger partial charge in [-0.25, -0.2) is 9.59 Å². The molecule has 0 aliphatic carbocycles. The number of nitrogens with zero attached hydrogens (tertiary/aromatic N) is 3. The Morgan fingerprint density at radius 3 is 2.50 bits per heavy atom. The van der Waals surface area contributed by atoms with Crippen LogP contribution in [0.3, 0.4) is 0 Å². The molecule has 4 N–H and O–H groups in total. The first kappa shape index (κ1) is 25.2. The summed E-state index contributed by atoms with van der Waals surface area (Å²) in [6.45, 7) is 0.971. The molecule has 3 aliphatic rings. The van der Waals surface area contributed by atoms with Gasteiger partial charge >= 0.3 is 18.1 Å². The van der Waals surface area contributed by atoms with E-state index in [2.05, 4.69) is 4.98 Å². The van der Waals surface area contributed by atoms with Crippen LogP contribution in [0, 0.1) is 0 Å². The molecular formula is C20H19F3N4O6S. The fourth-order valence-electron chi connectivity index (χ4n) is 3.50. The van der Waals surface area contributed by atoms with Crippen LogP contribution in [0.4, 0.5) is 13.2 Å². The molecule has 14 heteroatoms. The maximum atomic E-state index is 12.7. The van der Waals surface area contributed by atoms with Crippen LogP contribution in [0.2, 0.25) is 0 Å². The van der Waals surface area contributed by atoms with Gasteiger partial charge in [0.05, 0.1) is 12.2 Å². The fraction of sp³-hybridized carbons (Fsp3) is 0.350. The van der Waals surface area contributed by atoms with Gasteiger partial charge in [-0.2, -0.15) is 13.2 Å². The third kappa shape index (κ3) is 5.22. The number of carbonyl (C=O) groups is 4. The lowest BCUT2D eigenvalue weighted by Crippen LogP contribution is -2.68. The highest BCUT2D eigenvalue weighted by Gasteiger charge is 2.51. The van der Waals surface area contributed by atoms with Crippen molar-refractivity contribution < 1.29 is 42.6 Å². The van der Waals surface area contributed by atoms with Gasteiger partial charge in [0, 0.05) is 24.1 Å². The average molecular weight is 500 g/mol. The second kappa shape index (κ2) is 9.85. The number of carboxylic acids is 2. The number of halogens is 3. The van der Waals surface area contributed by atoms with E-state index in [-0.39, 0.29) is 17.0 Å². The van der Waals surface area contributed by atoms with Crippen LogP contribution in [-0.4, -0.2) is 78.6 Å². The maximum Gasteiger partial charge on any atom is 0.490 e. The van der Waals surface area contributed by atoms with E-state index in [4.69, 9.17) is 15.6 Å². The summed E-state index contributed by atoms with van der Waals surface area (Å²) in [6.07, 6.45) is -1.24. The number of amides is 2. The minimum atomic E-state index is -5.08. The van der Waals surface area contributed by atoms with Crippen LogP contribution in [-0.2, 0) is 25.7 Å². The number of allylic oxidation sites excluding steroid dienone is 1. The molecule has 2 saturated heterocycles. The largest absolute Gasteiger partial charge is 0.490 e. The molecule has 34 heavy (non-hydrogen) atoms. The quantitative estimate of drug-likeness (QED) is 0.405. The first-order valence-electron chi connectivity index (χ1n) is 9.78. The number of pyridine rings is 1. The number of hydrogen-bond acceptors (Lipinski definition) is 7. The Hall–Kier alpha value is -3.39. The molecular weight excluding hydrogens is 481 g/mol. The summed E-state index contributed by atoms with van der Waals surface area (Å²) in [6, 6.07) is 4.88. The summed E-state index contributed by atoms with van der Waals surface area (Å²) >= 11 is 1.42. The molecule has 3 aliphatic heterocycles. The van der Waals surface area contributed by atoms with E-state index in [1.165, 1.54) is 16.7 Å². The lowest BCUT2D eigenvalue weighted by Gasteiger charge is -2.47. The van der Waals surface area contributed by atoms with Gasteiger partial charge in [-0.1, -0.05) is 6.07 Å². The van der Waals surface area contributed by atoms with Gasteiger partial charge in [0.1, 0.15) is 17.1 Å². The van der Waals surface area contributed by atoms with Crippen LogP contribution < -0.4 is 5.73 Å². The first-order valence-corrected chi connectivity index (χ1v) is 10.8. The van der Waals surface area contributed by atoms with Gasteiger partial charge in [0.2, 0.25) is 11.8 Å². The number of β-lactam (4-membered cyclic amide) rings is 1. The molecule has 1 aromatic heterocycles. The minimum absolute atomic E-state index is 0.0612. The summed E-state index contributed by atoms with van der Waals surface area (Å²) in [5.41, 5.74) is 7.52. The van der Waals surface area contributed by atoms with Crippen molar-refractivity contribution >= 4 is 35.5 Å². The number of aliphatic carboxylic acids is 2. The fourth-order valence-corrected chi connectivity index (χ4v) is 4.75. The Morgan fingerprint density at radius 1 is 1.26 bits per heavy atom. The molecule has 0 spiro atoms. The zero-order chi connectivity index (χ0) is 25.2. The molecule has 10 nitrogen and oxygen atoms in total. The third-order valence-corrected chi connectivity index (χ3v) is 6.45. The second-order valence-corrected chi connectivity index (χ2v) is 8.49. The Morgan fingerprint density at radius 2 is 1.94 bits per heavy atom. The number of rotatable bonds is 4. The Bertz CT molecular complexity index is 1080. The summed E-state index contributed by atoms with van der Waals surface area (Å²) in [4.78, 5) is 52.5. The van der Waals surface area contributed by atoms with E-state index in [1.807, 2.05) is 18.2 Å². The van der Waals surface area contributed by atoms with Crippen molar-refractivity contribution in [1.29, 1.82) is 0 Å². The summed E-state index contributed by atoms with van der Waals surface area (Å²) in [7, 11) is 0. The van der Waals surface area contributed by atoms with Gasteiger partial charge < -0.3 is 20.8 Å². The zero-order valence-corrected chi connectivity index (χ0v) is 18.2. The van der Waals surface area contributed by atoms with E-state index in [0.717, 1.165) is 5.69 Å². The maximum absolute atomic E-state index is 12.7. The predicted octanol–water partition coefficient (Wildman–Crippen LogP) is 0.955. The number of hydrogen-bond donors (Lipinski definition) is 3. The monoisotopic (exact) mass is 500 g/mol. The Balaban J connectivity index is 0.000000406. The van der Waals surface area contributed by atoms with Gasteiger partial charge in [-0.3, -0.25) is 19.5 Å². The van der Waals surface area contributed by atoms with E-state index in [1.54, 1.807) is 17.2 Å². The van der Waals surface area contributed by atoms with Crippen molar-refractivity contribution in [1.82, 2.24) is 14.8 Å². The molecule has 1 aromatic rings. The van der Waals surface area contributed by atoms with Gasteiger partial charge in [-0.05, 0) is 30.2 Å². The Labute approximate surface area is 194 Å². The van der Waals surface area contributed by atoms with Crippen LogP contribution in [0.5, 0.6) is 0 Å². The molecule has 2 atom stereocenters. The van der Waals surface area contributed by atoms with Crippen molar-refractivity contribution in [3.05, 3.63) is 53.0 Å². The summed E-state index contributed by atoms with van der Waals surface area (Å²) in [5.74, 6) is -4.05. The van der Waals surface area contributed by atoms with Crippen LogP contribution in [0.15, 0.2) is 47.3 Å². The smallest absolute Gasteiger partial charge is 0.477 e. The molecule has 0 bridgehead atoms. The highest BCUT2D eigenvalue weighted by Crippen LogP contribution is 2.40. The first-order chi connectivity index (χ1) is 15.9. The number of aromatic nitrogens is 1. The van der Waals surface area contributed by atoms with Gasteiger partial charge in [-0.15, -0.1) is 11.8 Å². The number of thioether (sulfide) groups is 1. The third-order valence-electron chi connectivity index (χ3n) is 5.12. The number of likely N-dealkylation sites (tertiary alicyclic amines) is 1. The summed E-state index contributed by atoms with van der Waals surface area (Å²) < 4.78 is 31.7. The number of carboxylic acid groups (broad SMARTS) is 2. The van der Waals surface area contributed by atoms with E-state index in [9.17, 15) is 32.7 Å². The van der Waals surface area contributed by atoms with Crippen LogP contribution >= 0.6 is 11.8 Å². The number of carbonyl (C=O) groups excluding carboxylic acids is 2. The van der Waals surface area contributed by atoms with Crippen molar-refractivity contribution in [2.45, 2.75) is 30.6 Å². The lowest BCUT2D eigenvalue weighted by atomic mass is 10.0. The number of fused-ring (bicyclic) bond motifs is 1. The van der Waals surface area contributed by atoms with Crippen molar-refractivity contribution in [2.75, 3.05) is 12.3 Å². The van der Waals surface area contributed by atoms with E-state index in [0.29, 0.717) is 36.4 Å².